The maximum Gasteiger partial charge on any atom is 0.252 e. The summed E-state index contributed by atoms with van der Waals surface area (Å²) >= 11 is 0. The number of benzene rings is 1. The molecular weight excluding hydrogens is 298 g/mol. The van der Waals surface area contributed by atoms with E-state index in [1.165, 1.54) is 12.1 Å². The Morgan fingerprint density at radius 1 is 1.33 bits per heavy atom. The minimum atomic E-state index is -3.89. The van der Waals surface area contributed by atoms with Crippen molar-refractivity contribution in [1.29, 1.82) is 0 Å². The Kier molecular flexibility index (Phi) is 6.70. The zero-order chi connectivity index (χ0) is 16.0. The molecule has 1 N–H and O–H groups in total. The quantitative estimate of drug-likeness (QED) is 0.801. The SMILES string of the molecule is CCCNC(C)c1cccc(S(=O)(=O)N(C)CC(F)F)c1. The number of rotatable bonds is 8. The first-order valence-corrected chi connectivity index (χ1v) is 8.30. The van der Waals surface area contributed by atoms with Crippen LogP contribution in [0.25, 0.3) is 0 Å². The van der Waals surface area contributed by atoms with Gasteiger partial charge in [0.25, 0.3) is 6.43 Å². The molecule has 0 amide bonds. The van der Waals surface area contributed by atoms with Crippen LogP contribution in [0.4, 0.5) is 8.78 Å². The summed E-state index contributed by atoms with van der Waals surface area (Å²) < 4.78 is 49.9. The molecule has 7 heteroatoms. The van der Waals surface area contributed by atoms with Crippen molar-refractivity contribution in [3.8, 4) is 0 Å². The van der Waals surface area contributed by atoms with E-state index in [2.05, 4.69) is 5.32 Å². The average Bonchev–Trinajstić information content (AvgIpc) is 2.44. The number of nitrogens with one attached hydrogen (secondary N) is 1. The zero-order valence-electron chi connectivity index (χ0n) is 12.5. The molecule has 1 atom stereocenters. The molecule has 0 aliphatic heterocycles. The highest BCUT2D eigenvalue weighted by atomic mass is 32.2. The number of hydrogen-bond acceptors (Lipinski definition) is 3. The molecule has 0 heterocycles. The van der Waals surface area contributed by atoms with Crippen LogP contribution >= 0.6 is 0 Å². The van der Waals surface area contributed by atoms with Crippen LogP contribution in [0.2, 0.25) is 0 Å². The van der Waals surface area contributed by atoms with E-state index in [9.17, 15) is 17.2 Å². The van der Waals surface area contributed by atoms with E-state index in [0.29, 0.717) is 4.31 Å². The molecule has 1 unspecified atom stereocenters. The third-order valence-corrected chi connectivity index (χ3v) is 4.98. The summed E-state index contributed by atoms with van der Waals surface area (Å²) in [5.41, 5.74) is 0.815. The van der Waals surface area contributed by atoms with E-state index in [-0.39, 0.29) is 10.9 Å². The molecule has 0 saturated carbocycles. The molecule has 0 bridgehead atoms. The highest BCUT2D eigenvalue weighted by Gasteiger charge is 2.24. The number of alkyl halides is 2. The Balaban J connectivity index is 2.98. The van der Waals surface area contributed by atoms with Crippen molar-refractivity contribution in [2.24, 2.45) is 0 Å². The number of hydrogen-bond donors (Lipinski definition) is 1. The van der Waals surface area contributed by atoms with Crippen LogP contribution in [0.5, 0.6) is 0 Å². The van der Waals surface area contributed by atoms with Crippen molar-refractivity contribution in [3.63, 3.8) is 0 Å². The standard InChI is InChI=1S/C14H22F2N2O2S/c1-4-8-17-11(2)12-6-5-7-13(9-12)21(19,20)18(3)10-14(15)16/h5-7,9,11,14,17H,4,8,10H2,1-3H3. The summed E-state index contributed by atoms with van der Waals surface area (Å²) in [4.78, 5) is 0.0355. The molecule has 0 spiro atoms. The zero-order valence-corrected chi connectivity index (χ0v) is 13.3. The molecule has 0 aliphatic rings. The van der Waals surface area contributed by atoms with E-state index < -0.39 is 23.0 Å². The topological polar surface area (TPSA) is 49.4 Å². The fraction of sp³-hybridized carbons (Fsp3) is 0.571. The van der Waals surface area contributed by atoms with E-state index in [1.807, 2.05) is 19.9 Å². The van der Waals surface area contributed by atoms with E-state index in [0.717, 1.165) is 25.6 Å². The maximum atomic E-state index is 12.4. The fourth-order valence-electron chi connectivity index (χ4n) is 1.90. The monoisotopic (exact) mass is 320 g/mol. The van der Waals surface area contributed by atoms with Gasteiger partial charge in [0.05, 0.1) is 11.4 Å². The van der Waals surface area contributed by atoms with Gasteiger partial charge >= 0.3 is 0 Å². The number of nitrogens with zero attached hydrogens (tertiary/aromatic N) is 1. The van der Waals surface area contributed by atoms with Crippen molar-refractivity contribution in [3.05, 3.63) is 29.8 Å². The largest absolute Gasteiger partial charge is 0.310 e. The van der Waals surface area contributed by atoms with Gasteiger partial charge in [0.15, 0.2) is 0 Å². The normalized spacial score (nSPS) is 13.9. The Labute approximate surface area is 125 Å². The van der Waals surface area contributed by atoms with Crippen LogP contribution < -0.4 is 5.32 Å². The van der Waals surface area contributed by atoms with Crippen LogP contribution in [0, 0.1) is 0 Å². The lowest BCUT2D eigenvalue weighted by Gasteiger charge is -2.19. The Bertz CT molecular complexity index is 550. The molecular formula is C14H22F2N2O2S. The van der Waals surface area contributed by atoms with Gasteiger partial charge in [-0.25, -0.2) is 17.2 Å². The highest BCUT2D eigenvalue weighted by Crippen LogP contribution is 2.20. The van der Waals surface area contributed by atoms with Crippen LogP contribution in [0.1, 0.15) is 31.9 Å². The van der Waals surface area contributed by atoms with Gasteiger partial charge in [0.1, 0.15) is 0 Å². The van der Waals surface area contributed by atoms with E-state index in [1.54, 1.807) is 6.07 Å². The first-order valence-electron chi connectivity index (χ1n) is 6.86. The molecule has 0 aromatic heterocycles. The van der Waals surface area contributed by atoms with Crippen molar-refractivity contribution in [1.82, 2.24) is 9.62 Å². The average molecular weight is 320 g/mol. The van der Waals surface area contributed by atoms with Gasteiger partial charge in [-0.15, -0.1) is 0 Å². The van der Waals surface area contributed by atoms with Crippen molar-refractivity contribution >= 4 is 10.0 Å². The molecule has 0 aliphatic carbocycles. The van der Waals surface area contributed by atoms with Crippen LogP contribution in [-0.2, 0) is 10.0 Å². The summed E-state index contributed by atoms with van der Waals surface area (Å²) in [6.45, 7) is 3.99. The summed E-state index contributed by atoms with van der Waals surface area (Å²) in [7, 11) is -2.73. The van der Waals surface area contributed by atoms with Crippen molar-refractivity contribution in [2.75, 3.05) is 20.1 Å². The van der Waals surface area contributed by atoms with E-state index in [4.69, 9.17) is 0 Å². The summed E-state index contributed by atoms with van der Waals surface area (Å²) in [6, 6.07) is 6.40. The minimum absolute atomic E-state index is 0.000467. The molecule has 1 aromatic carbocycles. The summed E-state index contributed by atoms with van der Waals surface area (Å²) in [6.07, 6.45) is -1.72. The smallest absolute Gasteiger partial charge is 0.252 e. The molecule has 1 aromatic rings. The van der Waals surface area contributed by atoms with Gasteiger partial charge in [-0.1, -0.05) is 19.1 Å². The molecule has 1 rings (SSSR count). The number of sulfonamides is 1. The van der Waals surface area contributed by atoms with Gasteiger partial charge in [-0.3, -0.25) is 0 Å². The van der Waals surface area contributed by atoms with E-state index >= 15 is 0 Å². The minimum Gasteiger partial charge on any atom is -0.310 e. The first-order chi connectivity index (χ1) is 9.78. The van der Waals surface area contributed by atoms with Crippen molar-refractivity contribution in [2.45, 2.75) is 37.6 Å². The van der Waals surface area contributed by atoms with Gasteiger partial charge in [0.2, 0.25) is 10.0 Å². The van der Waals surface area contributed by atoms with Gasteiger partial charge in [-0.2, -0.15) is 4.31 Å². The summed E-state index contributed by atoms with van der Waals surface area (Å²) in [5.74, 6) is 0. The Morgan fingerprint density at radius 3 is 2.57 bits per heavy atom. The van der Waals surface area contributed by atoms with Crippen molar-refractivity contribution < 1.29 is 17.2 Å². The Morgan fingerprint density at radius 2 is 2.00 bits per heavy atom. The third kappa shape index (κ3) is 5.01. The second-order valence-corrected chi connectivity index (χ2v) is 6.97. The molecule has 0 saturated heterocycles. The Hall–Kier alpha value is -1.05. The van der Waals surface area contributed by atoms with Gasteiger partial charge in [0, 0.05) is 13.1 Å². The predicted octanol–water partition coefficient (Wildman–Crippen LogP) is 2.63. The molecule has 0 radical (unpaired) electrons. The van der Waals surface area contributed by atoms with Gasteiger partial charge in [-0.05, 0) is 37.6 Å². The predicted molar refractivity (Wildman–Crippen MR) is 79.0 cm³/mol. The highest BCUT2D eigenvalue weighted by molar-refractivity contribution is 7.89. The van der Waals surface area contributed by atoms with Crippen LogP contribution in [0.3, 0.4) is 0 Å². The molecule has 120 valence electrons. The number of halogens is 2. The van der Waals surface area contributed by atoms with Gasteiger partial charge < -0.3 is 5.32 Å². The molecule has 0 fully saturated rings. The molecule has 4 nitrogen and oxygen atoms in total. The molecule has 21 heavy (non-hydrogen) atoms. The maximum absolute atomic E-state index is 12.4. The third-order valence-electron chi connectivity index (χ3n) is 3.16. The lowest BCUT2D eigenvalue weighted by molar-refractivity contribution is 0.126. The first kappa shape index (κ1) is 18.0. The fourth-order valence-corrected chi connectivity index (χ4v) is 3.10. The summed E-state index contributed by atoms with van der Waals surface area (Å²) in [5, 5.41) is 3.26. The lowest BCUT2D eigenvalue weighted by Crippen LogP contribution is -2.31. The second kappa shape index (κ2) is 7.82. The van der Waals surface area contributed by atoms with Crippen LogP contribution in [-0.4, -0.2) is 39.3 Å². The van der Waals surface area contributed by atoms with Crippen LogP contribution in [0.15, 0.2) is 29.2 Å². The second-order valence-electron chi connectivity index (χ2n) is 4.92. The lowest BCUT2D eigenvalue weighted by atomic mass is 10.1.